The lowest BCUT2D eigenvalue weighted by Gasteiger charge is -2.26. The first-order valence-corrected chi connectivity index (χ1v) is 9.24. The maximum absolute atomic E-state index is 12.4. The second-order valence-corrected chi connectivity index (χ2v) is 7.14. The smallest absolute Gasteiger partial charge is 0.223 e. The van der Waals surface area contributed by atoms with Gasteiger partial charge >= 0.3 is 0 Å². The van der Waals surface area contributed by atoms with Crippen LogP contribution in [-0.4, -0.2) is 35.8 Å². The average Bonchev–Trinajstić information content (AvgIpc) is 3.27. The summed E-state index contributed by atoms with van der Waals surface area (Å²) in [6.07, 6.45) is 4.43. The molecule has 0 spiro atoms. The summed E-state index contributed by atoms with van der Waals surface area (Å²) < 4.78 is 0. The molecule has 0 radical (unpaired) electrons. The Morgan fingerprint density at radius 1 is 1.38 bits per heavy atom. The maximum Gasteiger partial charge on any atom is 0.223 e. The van der Waals surface area contributed by atoms with Gasteiger partial charge in [-0.2, -0.15) is 0 Å². The van der Waals surface area contributed by atoms with E-state index < -0.39 is 0 Å². The van der Waals surface area contributed by atoms with Gasteiger partial charge in [0.2, 0.25) is 11.8 Å². The molecule has 1 N–H and O–H groups in total. The Hall–Kier alpha value is -1.84. The van der Waals surface area contributed by atoms with Crippen LogP contribution in [0.3, 0.4) is 0 Å². The number of amides is 2. The third kappa shape index (κ3) is 3.63. The minimum absolute atomic E-state index is 0.125. The van der Waals surface area contributed by atoms with Crippen LogP contribution in [0.15, 0.2) is 24.3 Å². The van der Waals surface area contributed by atoms with Gasteiger partial charge in [-0.1, -0.05) is 31.2 Å². The predicted octanol–water partition coefficient (Wildman–Crippen LogP) is 3.01. The van der Waals surface area contributed by atoms with Gasteiger partial charge in [0.25, 0.3) is 0 Å². The minimum Gasteiger partial charge on any atom is -0.356 e. The molecule has 0 unspecified atom stereocenters. The SMILES string of the molecule is CC[C@H](CCNC(=O)[C@H]1C[C@H]1c1ccccc1C)N1CCCC1=O. The van der Waals surface area contributed by atoms with Gasteiger partial charge in [0.05, 0.1) is 0 Å². The van der Waals surface area contributed by atoms with Crippen molar-refractivity contribution in [3.05, 3.63) is 35.4 Å². The molecule has 1 aromatic rings. The zero-order valence-electron chi connectivity index (χ0n) is 14.8. The van der Waals surface area contributed by atoms with Crippen molar-refractivity contribution in [2.45, 2.75) is 57.9 Å². The van der Waals surface area contributed by atoms with Crippen LogP contribution >= 0.6 is 0 Å². The van der Waals surface area contributed by atoms with E-state index in [9.17, 15) is 9.59 Å². The van der Waals surface area contributed by atoms with E-state index in [1.807, 2.05) is 11.0 Å². The monoisotopic (exact) mass is 328 g/mol. The number of hydrogen-bond acceptors (Lipinski definition) is 2. The number of carbonyl (C=O) groups excluding carboxylic acids is 2. The van der Waals surface area contributed by atoms with Crippen molar-refractivity contribution >= 4 is 11.8 Å². The zero-order valence-corrected chi connectivity index (χ0v) is 14.8. The van der Waals surface area contributed by atoms with Crippen molar-refractivity contribution in [2.24, 2.45) is 5.92 Å². The highest BCUT2D eigenvalue weighted by Crippen LogP contribution is 2.48. The molecule has 4 nitrogen and oxygen atoms in total. The Balaban J connectivity index is 1.45. The van der Waals surface area contributed by atoms with E-state index in [0.29, 0.717) is 18.9 Å². The summed E-state index contributed by atoms with van der Waals surface area (Å²) in [5, 5.41) is 3.09. The Morgan fingerprint density at radius 3 is 2.83 bits per heavy atom. The third-order valence-corrected chi connectivity index (χ3v) is 5.51. The molecule has 24 heavy (non-hydrogen) atoms. The molecule has 2 amide bonds. The van der Waals surface area contributed by atoms with Gasteiger partial charge in [-0.25, -0.2) is 0 Å². The van der Waals surface area contributed by atoms with E-state index in [0.717, 1.165) is 32.2 Å². The molecule has 4 heteroatoms. The largest absolute Gasteiger partial charge is 0.356 e. The summed E-state index contributed by atoms with van der Waals surface area (Å²) in [7, 11) is 0. The van der Waals surface area contributed by atoms with Gasteiger partial charge in [0.15, 0.2) is 0 Å². The van der Waals surface area contributed by atoms with Gasteiger partial charge in [-0.3, -0.25) is 9.59 Å². The van der Waals surface area contributed by atoms with Gasteiger partial charge in [-0.15, -0.1) is 0 Å². The second kappa shape index (κ2) is 7.37. The third-order valence-electron chi connectivity index (χ3n) is 5.51. The summed E-state index contributed by atoms with van der Waals surface area (Å²) in [5.41, 5.74) is 2.59. The van der Waals surface area contributed by atoms with Crippen molar-refractivity contribution in [3.8, 4) is 0 Å². The molecule has 1 saturated carbocycles. The van der Waals surface area contributed by atoms with E-state index in [1.165, 1.54) is 11.1 Å². The molecule has 3 atom stereocenters. The van der Waals surface area contributed by atoms with Gasteiger partial charge in [0, 0.05) is 31.5 Å². The molecule has 1 heterocycles. The lowest BCUT2D eigenvalue weighted by molar-refractivity contribution is -0.129. The predicted molar refractivity (Wildman–Crippen MR) is 94.7 cm³/mol. The van der Waals surface area contributed by atoms with Crippen LogP contribution in [-0.2, 0) is 9.59 Å². The Bertz CT molecular complexity index is 613. The first kappa shape index (κ1) is 17.0. The Morgan fingerprint density at radius 2 is 2.17 bits per heavy atom. The molecule has 0 bridgehead atoms. The molecular weight excluding hydrogens is 300 g/mol. The first-order valence-electron chi connectivity index (χ1n) is 9.24. The number of hydrogen-bond donors (Lipinski definition) is 1. The first-order chi connectivity index (χ1) is 11.6. The fraction of sp³-hybridized carbons (Fsp3) is 0.600. The zero-order chi connectivity index (χ0) is 17.1. The standard InChI is InChI=1S/C20H28N2O2/c1-3-15(22-12-6-9-19(22)23)10-11-21-20(24)18-13-17(18)16-8-5-4-7-14(16)2/h4-5,7-8,15,17-18H,3,6,9-13H2,1-2H3,(H,21,24)/t15-,17+,18+/m1/s1. The number of nitrogens with zero attached hydrogens (tertiary/aromatic N) is 1. The molecule has 1 aliphatic heterocycles. The molecular formula is C20H28N2O2. The van der Waals surface area contributed by atoms with Gasteiger partial charge in [-0.05, 0) is 49.7 Å². The number of rotatable bonds is 7. The van der Waals surface area contributed by atoms with E-state index in [1.54, 1.807) is 0 Å². The van der Waals surface area contributed by atoms with Crippen LogP contribution in [0.4, 0.5) is 0 Å². The molecule has 130 valence electrons. The summed E-state index contributed by atoms with van der Waals surface area (Å²) >= 11 is 0. The topological polar surface area (TPSA) is 49.4 Å². The van der Waals surface area contributed by atoms with Crippen LogP contribution in [0.2, 0.25) is 0 Å². The van der Waals surface area contributed by atoms with Crippen LogP contribution in [0.25, 0.3) is 0 Å². The Labute approximate surface area is 144 Å². The van der Waals surface area contributed by atoms with Crippen molar-refractivity contribution in [3.63, 3.8) is 0 Å². The number of carbonyl (C=O) groups is 2. The second-order valence-electron chi connectivity index (χ2n) is 7.14. The molecule has 3 rings (SSSR count). The Kier molecular flexibility index (Phi) is 5.22. The van der Waals surface area contributed by atoms with E-state index >= 15 is 0 Å². The van der Waals surface area contributed by atoms with Crippen molar-refractivity contribution in [1.82, 2.24) is 10.2 Å². The van der Waals surface area contributed by atoms with Crippen LogP contribution in [0.5, 0.6) is 0 Å². The van der Waals surface area contributed by atoms with E-state index in [4.69, 9.17) is 0 Å². The lowest BCUT2D eigenvalue weighted by Crippen LogP contribution is -2.39. The number of nitrogens with one attached hydrogen (secondary N) is 1. The molecule has 2 fully saturated rings. The lowest BCUT2D eigenvalue weighted by atomic mass is 10.0. The van der Waals surface area contributed by atoms with Crippen molar-refractivity contribution < 1.29 is 9.59 Å². The molecule has 1 saturated heterocycles. The molecule has 1 aliphatic carbocycles. The normalized spacial score (nSPS) is 24.1. The quantitative estimate of drug-likeness (QED) is 0.836. The molecule has 2 aliphatic rings. The summed E-state index contributed by atoms with van der Waals surface area (Å²) in [5.74, 6) is 0.953. The van der Waals surface area contributed by atoms with Crippen LogP contribution in [0, 0.1) is 12.8 Å². The number of benzene rings is 1. The maximum atomic E-state index is 12.4. The minimum atomic E-state index is 0.125. The number of likely N-dealkylation sites (tertiary alicyclic amines) is 1. The molecule has 1 aromatic carbocycles. The van der Waals surface area contributed by atoms with E-state index in [-0.39, 0.29) is 23.8 Å². The fourth-order valence-corrected chi connectivity index (χ4v) is 3.96. The van der Waals surface area contributed by atoms with E-state index in [2.05, 4.69) is 37.4 Å². The average molecular weight is 328 g/mol. The summed E-state index contributed by atoms with van der Waals surface area (Å²) in [4.78, 5) is 26.2. The summed E-state index contributed by atoms with van der Waals surface area (Å²) in [6, 6.07) is 8.61. The highest BCUT2D eigenvalue weighted by Gasteiger charge is 2.44. The van der Waals surface area contributed by atoms with Gasteiger partial charge < -0.3 is 10.2 Å². The van der Waals surface area contributed by atoms with Gasteiger partial charge in [0.1, 0.15) is 0 Å². The molecule has 0 aromatic heterocycles. The van der Waals surface area contributed by atoms with Crippen molar-refractivity contribution in [2.75, 3.05) is 13.1 Å². The summed E-state index contributed by atoms with van der Waals surface area (Å²) in [6.45, 7) is 5.77. The highest BCUT2D eigenvalue weighted by atomic mass is 16.2. The van der Waals surface area contributed by atoms with Crippen LogP contribution in [0.1, 0.15) is 56.1 Å². The number of aryl methyl sites for hydroxylation is 1. The fourth-order valence-electron chi connectivity index (χ4n) is 3.96. The highest BCUT2D eigenvalue weighted by molar-refractivity contribution is 5.83. The van der Waals surface area contributed by atoms with Crippen molar-refractivity contribution in [1.29, 1.82) is 0 Å². The van der Waals surface area contributed by atoms with Crippen LogP contribution < -0.4 is 5.32 Å².